The van der Waals surface area contributed by atoms with Crippen molar-refractivity contribution in [3.8, 4) is 0 Å². The first-order valence-electron chi connectivity index (χ1n) is 3.45. The van der Waals surface area contributed by atoms with E-state index in [0.717, 1.165) is 0 Å². The number of amides is 2. The first kappa shape index (κ1) is 10.7. The third-order valence-electron chi connectivity index (χ3n) is 1.01. The molecular weight excluding hydrogens is 164 g/mol. The fraction of sp³-hybridized carbons (Fsp3) is 0.667. The lowest BCUT2D eigenvalue weighted by Crippen LogP contribution is -2.32. The zero-order valence-corrected chi connectivity index (χ0v) is 6.58. The van der Waals surface area contributed by atoms with Gasteiger partial charge in [0.05, 0.1) is 19.6 Å². The first-order chi connectivity index (χ1) is 5.63. The van der Waals surface area contributed by atoms with Crippen LogP contribution in [0, 0.1) is 0 Å². The van der Waals surface area contributed by atoms with Crippen LogP contribution >= 0.6 is 0 Å². The van der Waals surface area contributed by atoms with Crippen molar-refractivity contribution < 1.29 is 19.4 Å². The maximum Gasteiger partial charge on any atom is 0.312 e. The number of primary amides is 1. The van der Waals surface area contributed by atoms with Gasteiger partial charge >= 0.3 is 12.0 Å². The average Bonchev–Trinajstić information content (AvgIpc) is 1.95. The maximum absolute atomic E-state index is 10.1. The Hall–Kier alpha value is -1.30. The van der Waals surface area contributed by atoms with Gasteiger partial charge in [0.15, 0.2) is 0 Å². The quantitative estimate of drug-likeness (QED) is 0.458. The molecule has 6 nitrogen and oxygen atoms in total. The number of hydrogen-bond acceptors (Lipinski definition) is 3. The summed E-state index contributed by atoms with van der Waals surface area (Å²) < 4.78 is 4.84. The predicted octanol–water partition coefficient (Wildman–Crippen LogP) is -0.854. The van der Waals surface area contributed by atoms with Gasteiger partial charge in [-0.1, -0.05) is 0 Å². The zero-order valence-electron chi connectivity index (χ0n) is 6.58. The highest BCUT2D eigenvalue weighted by Gasteiger charge is 1.96. The van der Waals surface area contributed by atoms with Crippen molar-refractivity contribution in [3.63, 3.8) is 0 Å². The minimum absolute atomic E-state index is 0.0312. The summed E-state index contributed by atoms with van der Waals surface area (Å²) in [4.78, 5) is 20.1. The molecule has 0 aliphatic heterocycles. The van der Waals surface area contributed by atoms with Crippen LogP contribution in [0.1, 0.15) is 6.42 Å². The van der Waals surface area contributed by atoms with Gasteiger partial charge in [-0.15, -0.1) is 0 Å². The third kappa shape index (κ3) is 8.70. The summed E-state index contributed by atoms with van der Waals surface area (Å²) in [7, 11) is 0. The fourth-order valence-corrected chi connectivity index (χ4v) is 0.508. The number of nitrogens with one attached hydrogen (secondary N) is 1. The summed E-state index contributed by atoms with van der Waals surface area (Å²) in [5.41, 5.74) is 4.76. The minimum atomic E-state index is -0.905. The average molecular weight is 176 g/mol. The van der Waals surface area contributed by atoms with Crippen molar-refractivity contribution in [3.05, 3.63) is 0 Å². The molecule has 0 fully saturated rings. The van der Waals surface area contributed by atoms with Crippen LogP contribution in [0.3, 0.4) is 0 Å². The molecule has 4 N–H and O–H groups in total. The van der Waals surface area contributed by atoms with Gasteiger partial charge in [0.1, 0.15) is 0 Å². The van der Waals surface area contributed by atoms with Crippen LogP contribution in [-0.4, -0.2) is 36.9 Å². The highest BCUT2D eigenvalue weighted by molar-refractivity contribution is 5.71. The van der Waals surface area contributed by atoms with Crippen molar-refractivity contribution in [2.75, 3.05) is 19.8 Å². The zero-order chi connectivity index (χ0) is 9.40. The second kappa shape index (κ2) is 6.41. The molecule has 70 valence electrons. The molecule has 0 rings (SSSR count). The topological polar surface area (TPSA) is 102 Å². The summed E-state index contributed by atoms with van der Waals surface area (Å²) in [5, 5.41) is 10.5. The second-order valence-electron chi connectivity index (χ2n) is 2.05. The van der Waals surface area contributed by atoms with Crippen LogP contribution in [0.4, 0.5) is 4.79 Å². The van der Waals surface area contributed by atoms with Gasteiger partial charge in [-0.05, 0) is 0 Å². The highest BCUT2D eigenvalue weighted by atomic mass is 16.5. The lowest BCUT2D eigenvalue weighted by atomic mass is 10.5. The third-order valence-corrected chi connectivity index (χ3v) is 1.01. The van der Waals surface area contributed by atoms with E-state index in [4.69, 9.17) is 15.6 Å². The first-order valence-corrected chi connectivity index (χ1v) is 3.45. The van der Waals surface area contributed by atoms with E-state index in [-0.39, 0.29) is 19.6 Å². The Labute approximate surface area is 69.7 Å². The molecule has 0 saturated heterocycles. The van der Waals surface area contributed by atoms with Gasteiger partial charge in [0, 0.05) is 6.54 Å². The smallest absolute Gasteiger partial charge is 0.312 e. The van der Waals surface area contributed by atoms with Gasteiger partial charge in [-0.3, -0.25) is 4.79 Å². The molecule has 0 aromatic rings. The van der Waals surface area contributed by atoms with Crippen molar-refractivity contribution in [2.24, 2.45) is 5.73 Å². The van der Waals surface area contributed by atoms with Gasteiger partial charge in [-0.2, -0.15) is 0 Å². The van der Waals surface area contributed by atoms with Gasteiger partial charge in [0.25, 0.3) is 0 Å². The molecule has 2 amide bonds. The Morgan fingerprint density at radius 1 is 1.42 bits per heavy atom. The highest BCUT2D eigenvalue weighted by Crippen LogP contribution is 1.81. The number of carboxylic acid groups (broad SMARTS) is 1. The normalized spacial score (nSPS) is 9.33. The lowest BCUT2D eigenvalue weighted by molar-refractivity contribution is -0.138. The predicted molar refractivity (Wildman–Crippen MR) is 40.7 cm³/mol. The van der Waals surface area contributed by atoms with E-state index in [1.165, 1.54) is 0 Å². The Bertz CT molecular complexity index is 142. The monoisotopic (exact) mass is 176 g/mol. The largest absolute Gasteiger partial charge is 0.481 e. The number of hydrogen-bond donors (Lipinski definition) is 3. The van der Waals surface area contributed by atoms with E-state index in [1.54, 1.807) is 0 Å². The molecule has 0 atom stereocenters. The lowest BCUT2D eigenvalue weighted by Gasteiger charge is -2.01. The van der Waals surface area contributed by atoms with Gasteiger partial charge < -0.3 is 20.9 Å². The Kier molecular flexibility index (Phi) is 5.72. The number of carbonyl (C=O) groups is 2. The van der Waals surface area contributed by atoms with E-state index in [1.807, 2.05) is 0 Å². The molecular formula is C6H12N2O4. The summed E-state index contributed by atoms with van der Waals surface area (Å²) in [6, 6.07) is -0.614. The van der Waals surface area contributed by atoms with Crippen LogP contribution in [0.5, 0.6) is 0 Å². The molecule has 0 aromatic heterocycles. The van der Waals surface area contributed by atoms with Crippen LogP contribution in [-0.2, 0) is 9.53 Å². The molecule has 0 bridgehead atoms. The SMILES string of the molecule is NC(=O)NCCOCCC(=O)O. The van der Waals surface area contributed by atoms with Crippen LogP contribution in [0.2, 0.25) is 0 Å². The van der Waals surface area contributed by atoms with Crippen molar-refractivity contribution in [1.29, 1.82) is 0 Å². The van der Waals surface area contributed by atoms with E-state index >= 15 is 0 Å². The molecule has 0 aromatic carbocycles. The molecule has 0 spiro atoms. The number of nitrogens with two attached hydrogens (primary N) is 1. The molecule has 12 heavy (non-hydrogen) atoms. The number of ether oxygens (including phenoxy) is 1. The summed E-state index contributed by atoms with van der Waals surface area (Å²) in [5.74, 6) is -0.905. The number of rotatable bonds is 6. The van der Waals surface area contributed by atoms with E-state index < -0.39 is 12.0 Å². The van der Waals surface area contributed by atoms with E-state index in [9.17, 15) is 9.59 Å². The maximum atomic E-state index is 10.1. The van der Waals surface area contributed by atoms with Gasteiger partial charge in [-0.25, -0.2) is 4.79 Å². The fourth-order valence-electron chi connectivity index (χ4n) is 0.508. The summed E-state index contributed by atoms with van der Waals surface area (Å²) in [6.07, 6.45) is -0.0312. The number of urea groups is 1. The summed E-state index contributed by atoms with van der Waals surface area (Å²) in [6.45, 7) is 0.723. The Morgan fingerprint density at radius 2 is 2.08 bits per heavy atom. The Balaban J connectivity index is 3.01. The van der Waals surface area contributed by atoms with Gasteiger partial charge in [0.2, 0.25) is 0 Å². The summed E-state index contributed by atoms with van der Waals surface area (Å²) >= 11 is 0. The van der Waals surface area contributed by atoms with E-state index in [0.29, 0.717) is 6.54 Å². The van der Waals surface area contributed by atoms with Crippen LogP contribution in [0.15, 0.2) is 0 Å². The molecule has 0 aliphatic rings. The number of aliphatic carboxylic acids is 1. The minimum Gasteiger partial charge on any atom is -0.481 e. The molecule has 0 radical (unpaired) electrons. The Morgan fingerprint density at radius 3 is 2.58 bits per heavy atom. The van der Waals surface area contributed by atoms with Crippen molar-refractivity contribution in [1.82, 2.24) is 5.32 Å². The van der Waals surface area contributed by atoms with Crippen molar-refractivity contribution >= 4 is 12.0 Å². The second-order valence-corrected chi connectivity index (χ2v) is 2.05. The number of carbonyl (C=O) groups excluding carboxylic acids is 1. The molecule has 6 heteroatoms. The van der Waals surface area contributed by atoms with Crippen molar-refractivity contribution in [2.45, 2.75) is 6.42 Å². The molecule has 0 unspecified atom stereocenters. The standard InChI is InChI=1S/C6H12N2O4/c7-6(11)8-2-4-12-3-1-5(9)10/h1-4H2,(H,9,10)(H3,7,8,11). The van der Waals surface area contributed by atoms with E-state index in [2.05, 4.69) is 5.32 Å². The van der Waals surface area contributed by atoms with Crippen LogP contribution < -0.4 is 11.1 Å². The molecule has 0 aliphatic carbocycles. The molecule has 0 saturated carbocycles. The van der Waals surface area contributed by atoms with Crippen LogP contribution in [0.25, 0.3) is 0 Å². The molecule has 0 heterocycles. The number of carboxylic acids is 1.